The summed E-state index contributed by atoms with van der Waals surface area (Å²) in [5, 5.41) is 3.40. The van der Waals surface area contributed by atoms with Gasteiger partial charge in [-0.1, -0.05) is 42.5 Å². The van der Waals surface area contributed by atoms with Crippen LogP contribution in [0.1, 0.15) is 21.5 Å². The molecule has 3 N–H and O–H groups in total. The standard InChI is InChI=1S/C20H19N3O2/c21-20(24)18-14-22-11-10-19(18)25-17-8-6-16(7-9-17)13-23-12-15-4-2-1-3-5-15/h1-11,14,23H,12-13H2,(H2,21,24). The SMILES string of the molecule is NC(=O)c1cnccc1Oc1ccc(CNCc2ccccc2)cc1. The number of nitrogens with zero attached hydrogens (tertiary/aromatic N) is 1. The van der Waals surface area contributed by atoms with Crippen LogP contribution in [0.5, 0.6) is 11.5 Å². The summed E-state index contributed by atoms with van der Waals surface area (Å²) < 4.78 is 5.74. The molecule has 25 heavy (non-hydrogen) atoms. The molecule has 0 saturated carbocycles. The summed E-state index contributed by atoms with van der Waals surface area (Å²) in [6, 6.07) is 19.6. The molecule has 0 unspecified atom stereocenters. The lowest BCUT2D eigenvalue weighted by Crippen LogP contribution is -2.13. The van der Waals surface area contributed by atoms with Crippen molar-refractivity contribution >= 4 is 5.91 Å². The lowest BCUT2D eigenvalue weighted by molar-refractivity contribution is 0.0997. The van der Waals surface area contributed by atoms with Gasteiger partial charge in [-0.2, -0.15) is 0 Å². The topological polar surface area (TPSA) is 77.2 Å². The van der Waals surface area contributed by atoms with Crippen LogP contribution >= 0.6 is 0 Å². The highest BCUT2D eigenvalue weighted by atomic mass is 16.5. The summed E-state index contributed by atoms with van der Waals surface area (Å²) in [7, 11) is 0. The van der Waals surface area contributed by atoms with Crippen molar-refractivity contribution in [3.63, 3.8) is 0 Å². The van der Waals surface area contributed by atoms with Gasteiger partial charge in [-0.15, -0.1) is 0 Å². The molecule has 3 aromatic rings. The number of benzene rings is 2. The summed E-state index contributed by atoms with van der Waals surface area (Å²) >= 11 is 0. The fourth-order valence-electron chi connectivity index (χ4n) is 2.41. The highest BCUT2D eigenvalue weighted by molar-refractivity contribution is 5.95. The fourth-order valence-corrected chi connectivity index (χ4v) is 2.41. The Kier molecular flexibility index (Phi) is 5.39. The van der Waals surface area contributed by atoms with Gasteiger partial charge in [0.15, 0.2) is 0 Å². The Bertz CT molecular complexity index is 833. The maximum atomic E-state index is 11.4. The zero-order valence-corrected chi connectivity index (χ0v) is 13.7. The van der Waals surface area contributed by atoms with Crippen LogP contribution in [0.25, 0.3) is 0 Å². The molecule has 0 saturated heterocycles. The Hall–Kier alpha value is -3.18. The largest absolute Gasteiger partial charge is 0.456 e. The van der Waals surface area contributed by atoms with Crippen LogP contribution in [0.15, 0.2) is 73.1 Å². The fraction of sp³-hybridized carbons (Fsp3) is 0.100. The van der Waals surface area contributed by atoms with Gasteiger partial charge in [-0.3, -0.25) is 9.78 Å². The smallest absolute Gasteiger partial charge is 0.254 e. The third-order valence-corrected chi connectivity index (χ3v) is 3.70. The predicted molar refractivity (Wildman–Crippen MR) is 96.3 cm³/mol. The van der Waals surface area contributed by atoms with Crippen LogP contribution in [0.4, 0.5) is 0 Å². The molecule has 3 rings (SSSR count). The molecule has 2 aromatic carbocycles. The Morgan fingerprint density at radius 1 is 0.960 bits per heavy atom. The Morgan fingerprint density at radius 3 is 2.32 bits per heavy atom. The highest BCUT2D eigenvalue weighted by Crippen LogP contribution is 2.24. The molecule has 0 aliphatic carbocycles. The van der Waals surface area contributed by atoms with Crippen molar-refractivity contribution in [2.24, 2.45) is 5.73 Å². The van der Waals surface area contributed by atoms with Gasteiger partial charge in [0.25, 0.3) is 5.91 Å². The number of rotatable bonds is 7. The number of carbonyl (C=O) groups excluding carboxylic acids is 1. The Labute approximate surface area is 146 Å². The average molecular weight is 333 g/mol. The minimum Gasteiger partial charge on any atom is -0.456 e. The quantitative estimate of drug-likeness (QED) is 0.696. The normalized spacial score (nSPS) is 10.4. The van der Waals surface area contributed by atoms with Crippen molar-refractivity contribution in [2.75, 3.05) is 0 Å². The number of ether oxygens (including phenoxy) is 1. The molecule has 1 heterocycles. The molecule has 0 aliphatic rings. The number of pyridine rings is 1. The molecule has 0 fully saturated rings. The minimum absolute atomic E-state index is 0.260. The van der Waals surface area contributed by atoms with Crippen LogP contribution in [0, 0.1) is 0 Å². The van der Waals surface area contributed by atoms with Gasteiger partial charge in [0.2, 0.25) is 0 Å². The maximum absolute atomic E-state index is 11.4. The maximum Gasteiger partial charge on any atom is 0.254 e. The van der Waals surface area contributed by atoms with Crippen molar-refractivity contribution < 1.29 is 9.53 Å². The first kappa shape index (κ1) is 16.7. The van der Waals surface area contributed by atoms with Crippen LogP contribution in [0.2, 0.25) is 0 Å². The summed E-state index contributed by atoms with van der Waals surface area (Å²) in [5.74, 6) is 0.475. The van der Waals surface area contributed by atoms with Crippen LogP contribution < -0.4 is 15.8 Å². The Balaban J connectivity index is 1.58. The average Bonchev–Trinajstić information content (AvgIpc) is 2.64. The molecule has 0 spiro atoms. The predicted octanol–water partition coefficient (Wildman–Crippen LogP) is 3.26. The van der Waals surface area contributed by atoms with E-state index in [1.54, 1.807) is 12.3 Å². The van der Waals surface area contributed by atoms with E-state index in [4.69, 9.17) is 10.5 Å². The lowest BCUT2D eigenvalue weighted by atomic mass is 10.2. The molecular formula is C20H19N3O2. The molecule has 1 aromatic heterocycles. The second kappa shape index (κ2) is 8.08. The van der Waals surface area contributed by atoms with Crippen molar-refractivity contribution in [1.82, 2.24) is 10.3 Å². The van der Waals surface area contributed by atoms with E-state index < -0.39 is 5.91 Å². The van der Waals surface area contributed by atoms with Gasteiger partial charge in [0.05, 0.1) is 0 Å². The van der Waals surface area contributed by atoms with E-state index >= 15 is 0 Å². The number of nitrogens with two attached hydrogens (primary N) is 1. The molecule has 0 atom stereocenters. The molecule has 5 heteroatoms. The highest BCUT2D eigenvalue weighted by Gasteiger charge is 2.10. The minimum atomic E-state index is -0.565. The van der Waals surface area contributed by atoms with E-state index in [2.05, 4.69) is 22.4 Å². The van der Waals surface area contributed by atoms with Gasteiger partial charge < -0.3 is 15.8 Å². The third-order valence-electron chi connectivity index (χ3n) is 3.70. The van der Waals surface area contributed by atoms with Crippen LogP contribution in [-0.2, 0) is 13.1 Å². The summed E-state index contributed by atoms with van der Waals surface area (Å²) in [6.07, 6.45) is 2.96. The summed E-state index contributed by atoms with van der Waals surface area (Å²) in [5.41, 5.74) is 7.98. The van der Waals surface area contributed by atoms with Gasteiger partial charge in [-0.05, 0) is 29.3 Å². The first-order valence-electron chi connectivity index (χ1n) is 7.97. The third kappa shape index (κ3) is 4.65. The second-order valence-corrected chi connectivity index (χ2v) is 5.57. The first-order valence-corrected chi connectivity index (χ1v) is 7.97. The monoisotopic (exact) mass is 333 g/mol. The number of carbonyl (C=O) groups is 1. The van der Waals surface area contributed by atoms with Crippen molar-refractivity contribution in [3.8, 4) is 11.5 Å². The van der Waals surface area contributed by atoms with Crippen molar-refractivity contribution in [1.29, 1.82) is 0 Å². The number of hydrogen-bond acceptors (Lipinski definition) is 4. The van der Waals surface area contributed by atoms with Crippen LogP contribution in [-0.4, -0.2) is 10.9 Å². The number of hydrogen-bond donors (Lipinski definition) is 2. The molecule has 1 amide bonds. The van der Waals surface area contributed by atoms with E-state index in [-0.39, 0.29) is 5.56 Å². The molecular weight excluding hydrogens is 314 g/mol. The molecule has 126 valence electrons. The summed E-state index contributed by atoms with van der Waals surface area (Å²) in [4.78, 5) is 15.3. The second-order valence-electron chi connectivity index (χ2n) is 5.57. The Morgan fingerprint density at radius 2 is 1.64 bits per heavy atom. The molecule has 0 radical (unpaired) electrons. The number of nitrogens with one attached hydrogen (secondary N) is 1. The van der Waals surface area contributed by atoms with Gasteiger partial charge in [0, 0.05) is 25.5 Å². The van der Waals surface area contributed by atoms with Crippen molar-refractivity contribution in [2.45, 2.75) is 13.1 Å². The van der Waals surface area contributed by atoms with E-state index in [1.807, 2.05) is 42.5 Å². The molecule has 0 aliphatic heterocycles. The first-order chi connectivity index (χ1) is 12.2. The van der Waals surface area contributed by atoms with Gasteiger partial charge >= 0.3 is 0 Å². The molecule has 0 bridgehead atoms. The van der Waals surface area contributed by atoms with Gasteiger partial charge in [0.1, 0.15) is 17.1 Å². The van der Waals surface area contributed by atoms with E-state index in [9.17, 15) is 4.79 Å². The zero-order valence-electron chi connectivity index (χ0n) is 13.7. The van der Waals surface area contributed by atoms with E-state index in [1.165, 1.54) is 11.8 Å². The van der Waals surface area contributed by atoms with Gasteiger partial charge in [-0.25, -0.2) is 0 Å². The van der Waals surface area contributed by atoms with E-state index in [0.717, 1.165) is 18.7 Å². The zero-order chi connectivity index (χ0) is 17.5. The molecule has 5 nitrogen and oxygen atoms in total. The number of primary amides is 1. The number of amides is 1. The lowest BCUT2D eigenvalue weighted by Gasteiger charge is -2.10. The number of aromatic nitrogens is 1. The van der Waals surface area contributed by atoms with Crippen LogP contribution in [0.3, 0.4) is 0 Å². The van der Waals surface area contributed by atoms with Crippen molar-refractivity contribution in [3.05, 3.63) is 89.7 Å². The van der Waals surface area contributed by atoms with E-state index in [0.29, 0.717) is 11.5 Å². The summed E-state index contributed by atoms with van der Waals surface area (Å²) in [6.45, 7) is 1.58.